The molecule has 0 saturated heterocycles. The molecule has 0 aliphatic rings. The van der Waals surface area contributed by atoms with E-state index in [1.165, 1.54) is 25.2 Å². The van der Waals surface area contributed by atoms with Crippen LogP contribution in [0.1, 0.15) is 56.6 Å². The van der Waals surface area contributed by atoms with Gasteiger partial charge in [0.15, 0.2) is 0 Å². The Morgan fingerprint density at radius 2 is 1.91 bits per heavy atom. The van der Waals surface area contributed by atoms with Crippen molar-refractivity contribution in [2.24, 2.45) is 0 Å². The summed E-state index contributed by atoms with van der Waals surface area (Å²) in [5.41, 5.74) is 4.23. The van der Waals surface area contributed by atoms with Crippen LogP contribution in [-0.2, 0) is 16.0 Å². The van der Waals surface area contributed by atoms with E-state index in [4.69, 9.17) is 4.74 Å². The van der Waals surface area contributed by atoms with Gasteiger partial charge in [0.05, 0.1) is 12.8 Å². The Kier molecular flexibility index (Phi) is 7.32. The Bertz CT molecular complexity index is 620. The molecule has 0 atom stereocenters. The number of hydrogen-bond acceptors (Lipinski definition) is 3. The molecule has 1 heterocycles. The van der Waals surface area contributed by atoms with E-state index >= 15 is 0 Å². The molecule has 0 aliphatic heterocycles. The van der Waals surface area contributed by atoms with Crippen molar-refractivity contribution in [2.75, 3.05) is 12.4 Å². The van der Waals surface area contributed by atoms with Gasteiger partial charge in [-0.2, -0.15) is 0 Å². The minimum absolute atomic E-state index is 0.222. The molecule has 2 N–H and O–H groups in total. The van der Waals surface area contributed by atoms with Crippen LogP contribution in [0.15, 0.2) is 29.5 Å². The lowest BCUT2D eigenvalue weighted by Gasteiger charge is -2.06. The molecule has 126 valence electrons. The van der Waals surface area contributed by atoms with Gasteiger partial charge in [-0.25, -0.2) is 4.79 Å². The Hall–Kier alpha value is -2.30. The topological polar surface area (TPSA) is 71.2 Å². The highest BCUT2D eigenvalue weighted by atomic mass is 16.5. The maximum atomic E-state index is 11.7. The normalized spacial score (nSPS) is 11.1. The molecule has 1 aromatic heterocycles. The van der Waals surface area contributed by atoms with E-state index in [-0.39, 0.29) is 11.6 Å². The molecular formula is C18H26N2O3. The van der Waals surface area contributed by atoms with E-state index in [1.807, 2.05) is 0 Å². The predicted molar refractivity (Wildman–Crippen MR) is 92.6 cm³/mol. The third-order valence-corrected chi connectivity index (χ3v) is 3.41. The van der Waals surface area contributed by atoms with Crippen LogP contribution in [0.4, 0.5) is 5.69 Å². The number of ether oxygens (including phenoxy) is 1. The zero-order valence-corrected chi connectivity index (χ0v) is 14.6. The number of aromatic nitrogens is 1. The zero-order chi connectivity index (χ0) is 17.4. The third-order valence-electron chi connectivity index (χ3n) is 3.41. The number of carbonyl (C=O) groups is 2. The summed E-state index contributed by atoms with van der Waals surface area (Å²) in [5.74, 6) is -0.718. The summed E-state index contributed by atoms with van der Waals surface area (Å²) >= 11 is 0. The molecule has 0 unspecified atom stereocenters. The van der Waals surface area contributed by atoms with Gasteiger partial charge >= 0.3 is 5.97 Å². The van der Waals surface area contributed by atoms with Crippen molar-refractivity contribution in [1.29, 1.82) is 0 Å². The minimum Gasteiger partial charge on any atom is -0.464 e. The summed E-state index contributed by atoms with van der Waals surface area (Å²) in [6, 6.07) is 0. The highest BCUT2D eigenvalue weighted by Crippen LogP contribution is 2.23. The van der Waals surface area contributed by atoms with Gasteiger partial charge in [-0.1, -0.05) is 23.3 Å². The molecule has 0 spiro atoms. The Labute approximate surface area is 137 Å². The number of esters is 1. The Morgan fingerprint density at radius 1 is 1.22 bits per heavy atom. The number of carbonyl (C=O) groups excluding carboxylic acids is 2. The van der Waals surface area contributed by atoms with Gasteiger partial charge < -0.3 is 15.0 Å². The molecule has 23 heavy (non-hydrogen) atoms. The van der Waals surface area contributed by atoms with Gasteiger partial charge in [0.2, 0.25) is 5.91 Å². The maximum Gasteiger partial charge on any atom is 0.356 e. The summed E-state index contributed by atoms with van der Waals surface area (Å²) in [6.07, 6.45) is 8.72. The van der Waals surface area contributed by atoms with Gasteiger partial charge in [0.1, 0.15) is 5.69 Å². The first-order valence-corrected chi connectivity index (χ1v) is 7.70. The van der Waals surface area contributed by atoms with Crippen LogP contribution in [0, 0.1) is 0 Å². The van der Waals surface area contributed by atoms with Crippen molar-refractivity contribution in [1.82, 2.24) is 4.98 Å². The van der Waals surface area contributed by atoms with Crippen molar-refractivity contribution in [3.8, 4) is 0 Å². The summed E-state index contributed by atoms with van der Waals surface area (Å²) < 4.78 is 4.73. The molecule has 5 nitrogen and oxygen atoms in total. The molecule has 1 amide bonds. The molecule has 0 radical (unpaired) electrons. The molecular weight excluding hydrogens is 292 g/mol. The number of allylic oxidation sites excluding steroid dienone is 4. The first-order valence-electron chi connectivity index (χ1n) is 7.70. The third kappa shape index (κ3) is 6.14. The van der Waals surface area contributed by atoms with Crippen LogP contribution < -0.4 is 5.32 Å². The van der Waals surface area contributed by atoms with Crippen LogP contribution in [0.3, 0.4) is 0 Å². The van der Waals surface area contributed by atoms with Crippen LogP contribution in [-0.4, -0.2) is 24.0 Å². The molecule has 0 fully saturated rings. The largest absolute Gasteiger partial charge is 0.464 e. The fraction of sp³-hybridized carbons (Fsp3) is 0.444. The first-order chi connectivity index (χ1) is 10.8. The lowest BCUT2D eigenvalue weighted by atomic mass is 10.1. The van der Waals surface area contributed by atoms with E-state index in [0.717, 1.165) is 18.4 Å². The molecule has 1 aromatic rings. The van der Waals surface area contributed by atoms with Gasteiger partial charge in [-0.15, -0.1) is 0 Å². The van der Waals surface area contributed by atoms with Crippen molar-refractivity contribution in [3.05, 3.63) is 40.8 Å². The quantitative estimate of drug-likeness (QED) is 0.590. The summed E-state index contributed by atoms with van der Waals surface area (Å²) in [4.78, 5) is 26.0. The maximum absolute atomic E-state index is 11.7. The molecule has 0 bridgehead atoms. The Morgan fingerprint density at radius 3 is 2.48 bits per heavy atom. The van der Waals surface area contributed by atoms with Crippen LogP contribution >= 0.6 is 0 Å². The fourth-order valence-electron chi connectivity index (χ4n) is 2.18. The van der Waals surface area contributed by atoms with Gasteiger partial charge in [-0.3, -0.25) is 4.79 Å². The van der Waals surface area contributed by atoms with E-state index < -0.39 is 5.97 Å². The van der Waals surface area contributed by atoms with Gasteiger partial charge in [0, 0.05) is 13.1 Å². The second-order valence-electron chi connectivity index (χ2n) is 5.81. The Balaban J connectivity index is 2.87. The molecule has 1 rings (SSSR count). The van der Waals surface area contributed by atoms with Crippen LogP contribution in [0.25, 0.3) is 0 Å². The highest BCUT2D eigenvalue weighted by molar-refractivity contribution is 6.00. The second-order valence-corrected chi connectivity index (χ2v) is 5.81. The van der Waals surface area contributed by atoms with E-state index in [2.05, 4.69) is 43.2 Å². The number of amides is 1. The number of hydrogen-bond donors (Lipinski definition) is 2. The van der Waals surface area contributed by atoms with Crippen LogP contribution in [0.2, 0.25) is 0 Å². The average Bonchev–Trinajstić information content (AvgIpc) is 2.86. The molecule has 0 aliphatic carbocycles. The SMILES string of the molecule is COC(=O)c1[nH]cc(C/C=C(\C)CCC=C(C)C)c1NC(C)=O. The number of methoxy groups -OCH3 is 1. The number of nitrogens with one attached hydrogen (secondary N) is 2. The van der Waals surface area contributed by atoms with Crippen LogP contribution in [0.5, 0.6) is 0 Å². The smallest absolute Gasteiger partial charge is 0.356 e. The summed E-state index contributed by atoms with van der Waals surface area (Å²) in [5, 5.41) is 2.71. The molecule has 0 saturated carbocycles. The van der Waals surface area contributed by atoms with E-state index in [9.17, 15) is 9.59 Å². The van der Waals surface area contributed by atoms with Crippen molar-refractivity contribution < 1.29 is 14.3 Å². The summed E-state index contributed by atoms with van der Waals surface area (Å²) in [7, 11) is 1.31. The van der Waals surface area contributed by atoms with Crippen molar-refractivity contribution >= 4 is 17.6 Å². The van der Waals surface area contributed by atoms with Gasteiger partial charge in [-0.05, 0) is 45.6 Å². The second kappa shape index (κ2) is 8.98. The fourth-order valence-corrected chi connectivity index (χ4v) is 2.18. The number of anilines is 1. The monoisotopic (exact) mass is 318 g/mol. The number of aromatic amines is 1. The average molecular weight is 318 g/mol. The minimum atomic E-state index is -0.496. The predicted octanol–water partition coefficient (Wildman–Crippen LogP) is 3.99. The van der Waals surface area contributed by atoms with E-state index in [0.29, 0.717) is 12.1 Å². The lowest BCUT2D eigenvalue weighted by Crippen LogP contribution is -2.12. The van der Waals surface area contributed by atoms with E-state index in [1.54, 1.807) is 6.20 Å². The molecule has 0 aromatic carbocycles. The number of rotatable bonds is 7. The highest BCUT2D eigenvalue weighted by Gasteiger charge is 2.18. The standard InChI is InChI=1S/C18H26N2O3/c1-12(2)7-6-8-13(3)9-10-15-11-19-17(18(22)23-5)16(15)20-14(4)21/h7,9,11,19H,6,8,10H2,1-5H3,(H,20,21)/b13-9+. The van der Waals surface area contributed by atoms with Crippen molar-refractivity contribution in [2.45, 2.75) is 47.0 Å². The number of H-pyrrole nitrogens is 1. The lowest BCUT2D eigenvalue weighted by molar-refractivity contribution is -0.114. The zero-order valence-electron chi connectivity index (χ0n) is 14.6. The molecule has 5 heteroatoms. The first kappa shape index (κ1) is 18.7. The van der Waals surface area contributed by atoms with Crippen molar-refractivity contribution in [3.63, 3.8) is 0 Å². The van der Waals surface area contributed by atoms with Gasteiger partial charge in [0.25, 0.3) is 0 Å². The summed E-state index contributed by atoms with van der Waals surface area (Å²) in [6.45, 7) is 7.68.